The number of nitrogens with zero attached hydrogens (tertiary/aromatic N) is 1. The van der Waals surface area contributed by atoms with E-state index < -0.39 is 53.5 Å². The number of aliphatic hydroxyl groups is 2. The first-order chi connectivity index (χ1) is 16.2. The summed E-state index contributed by atoms with van der Waals surface area (Å²) in [6.45, 7) is 10.4. The minimum absolute atomic E-state index is 0.129. The van der Waals surface area contributed by atoms with Gasteiger partial charge in [0.2, 0.25) is 0 Å². The molecule has 9 heteroatoms. The Balaban J connectivity index is 1.85. The number of ketones is 1. The maximum atomic E-state index is 15.3. The largest absolute Gasteiger partial charge is 0.455 e. The number of hydrogen-bond donors (Lipinski definition) is 2. The average molecular weight is 512 g/mol. The minimum atomic E-state index is -1.35. The number of fused-ring (bicyclic) bond motifs is 1. The first kappa shape index (κ1) is 27.9. The van der Waals surface area contributed by atoms with Crippen molar-refractivity contribution in [2.24, 2.45) is 17.3 Å². The number of hydrogen-bond acceptors (Lipinski definition) is 8. The molecule has 2 fully saturated rings. The first-order valence-corrected chi connectivity index (χ1v) is 13.2. The van der Waals surface area contributed by atoms with Crippen molar-refractivity contribution in [3.63, 3.8) is 0 Å². The van der Waals surface area contributed by atoms with Crippen LogP contribution in [0, 0.1) is 24.2 Å². The van der Waals surface area contributed by atoms with E-state index in [-0.39, 0.29) is 24.2 Å². The summed E-state index contributed by atoms with van der Waals surface area (Å²) in [6, 6.07) is 0. The molecule has 2 saturated heterocycles. The van der Waals surface area contributed by atoms with Crippen molar-refractivity contribution in [1.29, 1.82) is 0 Å². The van der Waals surface area contributed by atoms with Crippen LogP contribution in [0.3, 0.4) is 0 Å². The van der Waals surface area contributed by atoms with Gasteiger partial charge in [-0.15, -0.1) is 11.3 Å². The molecule has 0 saturated carbocycles. The lowest BCUT2D eigenvalue weighted by atomic mass is 9.73. The summed E-state index contributed by atoms with van der Waals surface area (Å²) in [4.78, 5) is 30.2. The van der Waals surface area contributed by atoms with E-state index in [9.17, 15) is 19.8 Å². The Labute approximate surface area is 210 Å². The highest BCUT2D eigenvalue weighted by Crippen LogP contribution is 2.45. The molecule has 196 valence electrons. The fourth-order valence-electron chi connectivity index (χ4n) is 4.86. The molecule has 3 heterocycles. The van der Waals surface area contributed by atoms with Crippen LogP contribution in [0.5, 0.6) is 0 Å². The van der Waals surface area contributed by atoms with E-state index in [1.165, 1.54) is 17.4 Å². The van der Waals surface area contributed by atoms with Gasteiger partial charge in [-0.3, -0.25) is 9.59 Å². The number of aliphatic hydroxyl groups excluding tert-OH is 2. The maximum Gasteiger partial charge on any atom is 0.309 e. The number of carbonyl (C=O) groups is 2. The van der Waals surface area contributed by atoms with Crippen LogP contribution in [-0.4, -0.2) is 57.0 Å². The summed E-state index contributed by atoms with van der Waals surface area (Å²) < 4.78 is 26.7. The molecule has 0 spiro atoms. The lowest BCUT2D eigenvalue weighted by Gasteiger charge is -2.34. The molecule has 0 radical (unpaired) electrons. The summed E-state index contributed by atoms with van der Waals surface area (Å²) in [5.41, 5.74) is -1.32. The highest BCUT2D eigenvalue weighted by atomic mass is 32.1. The Morgan fingerprint density at radius 3 is 2.57 bits per heavy atom. The van der Waals surface area contributed by atoms with Crippen LogP contribution in [0.2, 0.25) is 0 Å². The molecule has 2 aliphatic heterocycles. The predicted octanol–water partition coefficient (Wildman–Crippen LogP) is 4.38. The number of Topliss-reactive ketones (excluding diaryl/α,β-unsaturated/α-hetero) is 1. The average Bonchev–Trinajstić information content (AvgIpc) is 3.22. The molecule has 7 unspecified atom stereocenters. The predicted molar refractivity (Wildman–Crippen MR) is 131 cm³/mol. The Bertz CT molecular complexity index is 961. The van der Waals surface area contributed by atoms with Gasteiger partial charge in [-0.1, -0.05) is 34.1 Å². The first-order valence-electron chi connectivity index (χ1n) is 12.3. The third-order valence-electron chi connectivity index (χ3n) is 7.64. The molecule has 35 heavy (non-hydrogen) atoms. The highest BCUT2D eigenvalue weighted by molar-refractivity contribution is 7.09. The SMILES string of the molecule is Cc1nc(/C=C(\F)C2CC3OC3(C)CCCC(C)C(O)C(C)C(=O)C(C)(C)C(O)CC(=O)O2)cs1. The Kier molecular flexibility index (Phi) is 8.57. The maximum absolute atomic E-state index is 15.3. The van der Waals surface area contributed by atoms with Crippen molar-refractivity contribution in [2.45, 2.75) is 104 Å². The van der Waals surface area contributed by atoms with Gasteiger partial charge in [0, 0.05) is 17.7 Å². The molecule has 3 rings (SSSR count). The van der Waals surface area contributed by atoms with Gasteiger partial charge in [0.25, 0.3) is 0 Å². The minimum Gasteiger partial charge on any atom is -0.455 e. The van der Waals surface area contributed by atoms with Crippen LogP contribution in [0.4, 0.5) is 4.39 Å². The van der Waals surface area contributed by atoms with Crippen molar-refractivity contribution in [3.8, 4) is 0 Å². The van der Waals surface area contributed by atoms with E-state index in [0.717, 1.165) is 11.4 Å². The van der Waals surface area contributed by atoms with E-state index in [4.69, 9.17) is 9.47 Å². The van der Waals surface area contributed by atoms with Crippen LogP contribution < -0.4 is 0 Å². The van der Waals surface area contributed by atoms with E-state index in [1.54, 1.807) is 26.2 Å². The molecule has 0 bridgehead atoms. The number of ether oxygens (including phenoxy) is 2. The van der Waals surface area contributed by atoms with Crippen LogP contribution in [0.15, 0.2) is 11.2 Å². The second-order valence-corrected chi connectivity index (χ2v) is 12.0. The number of halogens is 1. The summed E-state index contributed by atoms with van der Waals surface area (Å²) >= 11 is 1.39. The van der Waals surface area contributed by atoms with Crippen molar-refractivity contribution < 1.29 is 33.7 Å². The van der Waals surface area contributed by atoms with E-state index in [2.05, 4.69) is 4.98 Å². The zero-order chi connectivity index (χ0) is 26.1. The molecule has 0 amide bonds. The molecular formula is C26H38FNO6S. The van der Waals surface area contributed by atoms with Crippen LogP contribution in [0.25, 0.3) is 6.08 Å². The fourth-order valence-corrected chi connectivity index (χ4v) is 5.44. The van der Waals surface area contributed by atoms with Gasteiger partial charge < -0.3 is 19.7 Å². The van der Waals surface area contributed by atoms with Crippen molar-refractivity contribution >= 4 is 29.2 Å². The number of thiazole rings is 1. The molecule has 7 atom stereocenters. The normalized spacial score (nSPS) is 37.5. The van der Waals surface area contributed by atoms with Crippen LogP contribution in [0.1, 0.15) is 77.4 Å². The zero-order valence-electron chi connectivity index (χ0n) is 21.4. The van der Waals surface area contributed by atoms with E-state index in [1.807, 2.05) is 20.8 Å². The van der Waals surface area contributed by atoms with Crippen LogP contribution in [-0.2, 0) is 19.1 Å². The van der Waals surface area contributed by atoms with Gasteiger partial charge in [-0.2, -0.15) is 0 Å². The zero-order valence-corrected chi connectivity index (χ0v) is 22.2. The third kappa shape index (κ3) is 6.56. The molecule has 0 aliphatic carbocycles. The fraction of sp³-hybridized carbons (Fsp3) is 0.731. The number of aryl methyl sites for hydroxylation is 1. The second kappa shape index (κ2) is 10.7. The summed E-state index contributed by atoms with van der Waals surface area (Å²) in [7, 11) is 0. The van der Waals surface area contributed by atoms with Gasteiger partial charge in [0.05, 0.1) is 46.5 Å². The number of cyclic esters (lactones) is 1. The molecule has 7 nitrogen and oxygen atoms in total. The monoisotopic (exact) mass is 511 g/mol. The van der Waals surface area contributed by atoms with Crippen molar-refractivity contribution in [1.82, 2.24) is 4.98 Å². The number of carbonyl (C=O) groups excluding carboxylic acids is 2. The quantitative estimate of drug-likeness (QED) is 0.448. The number of epoxide rings is 1. The standard InChI is InChI=1S/C26H38FNO6S/c1-14-8-7-9-26(6)21(34-26)11-19(18(27)10-17-13-35-16(3)28-17)33-22(30)12-20(29)25(4,5)24(32)15(2)23(14)31/h10,13-15,19-21,23,29,31H,7-9,11-12H2,1-6H3/b18-10-. The Hall–Kier alpha value is -1.68. The molecule has 1 aromatic rings. The van der Waals surface area contributed by atoms with Gasteiger partial charge in [0.1, 0.15) is 11.6 Å². The van der Waals surface area contributed by atoms with Gasteiger partial charge in [-0.25, -0.2) is 9.37 Å². The topological polar surface area (TPSA) is 109 Å². The molecule has 2 N–H and O–H groups in total. The summed E-state index contributed by atoms with van der Waals surface area (Å²) in [5.74, 6) is -2.62. The molecule has 2 aliphatic rings. The lowest BCUT2D eigenvalue weighted by Crippen LogP contribution is -2.45. The van der Waals surface area contributed by atoms with E-state index in [0.29, 0.717) is 18.5 Å². The van der Waals surface area contributed by atoms with Gasteiger partial charge in [-0.05, 0) is 38.7 Å². The number of aromatic nitrogens is 1. The number of rotatable bonds is 2. The van der Waals surface area contributed by atoms with E-state index >= 15 is 4.39 Å². The smallest absolute Gasteiger partial charge is 0.309 e. The number of esters is 1. The summed E-state index contributed by atoms with van der Waals surface area (Å²) in [5, 5.41) is 24.1. The van der Waals surface area contributed by atoms with Crippen LogP contribution >= 0.6 is 11.3 Å². The highest BCUT2D eigenvalue weighted by Gasteiger charge is 2.53. The van der Waals surface area contributed by atoms with Gasteiger partial charge >= 0.3 is 5.97 Å². The Morgan fingerprint density at radius 1 is 1.26 bits per heavy atom. The molecule has 0 aromatic carbocycles. The lowest BCUT2D eigenvalue weighted by molar-refractivity contribution is -0.155. The Morgan fingerprint density at radius 2 is 1.94 bits per heavy atom. The van der Waals surface area contributed by atoms with Gasteiger partial charge in [0.15, 0.2) is 6.10 Å². The third-order valence-corrected chi connectivity index (χ3v) is 8.43. The van der Waals surface area contributed by atoms with Crippen molar-refractivity contribution in [2.75, 3.05) is 0 Å². The molecular weight excluding hydrogens is 473 g/mol. The summed E-state index contributed by atoms with van der Waals surface area (Å²) in [6.07, 6.45) is -0.593. The second-order valence-electron chi connectivity index (χ2n) is 10.9. The van der Waals surface area contributed by atoms with Crippen molar-refractivity contribution in [3.05, 3.63) is 21.9 Å². The molecule has 1 aromatic heterocycles.